The molecule has 2 saturated heterocycles. The number of benzene rings is 1. The van der Waals surface area contributed by atoms with Crippen LogP contribution >= 0.6 is 11.8 Å². The molecule has 2 N–H and O–H groups in total. The molecule has 3 amide bonds. The molecule has 3 aliphatic rings. The third-order valence-electron chi connectivity index (χ3n) is 7.39. The van der Waals surface area contributed by atoms with Crippen molar-refractivity contribution in [3.05, 3.63) is 36.9 Å². The second-order valence-electron chi connectivity index (χ2n) is 9.81. The van der Waals surface area contributed by atoms with E-state index in [1.165, 1.54) is 11.8 Å². The molecule has 3 fully saturated rings. The van der Waals surface area contributed by atoms with Crippen molar-refractivity contribution in [2.75, 3.05) is 64.8 Å². The van der Waals surface area contributed by atoms with Gasteiger partial charge in [-0.1, -0.05) is 12.1 Å². The van der Waals surface area contributed by atoms with E-state index in [1.807, 2.05) is 43.1 Å². The first-order valence-corrected chi connectivity index (χ1v) is 14.0. The predicted molar refractivity (Wildman–Crippen MR) is 147 cm³/mol. The zero-order chi connectivity index (χ0) is 27.3. The number of ether oxygens (including phenoxy) is 1. The van der Waals surface area contributed by atoms with E-state index in [9.17, 15) is 19.6 Å². The molecule has 0 aromatic heterocycles. The molecule has 0 bridgehead atoms. The van der Waals surface area contributed by atoms with Crippen molar-refractivity contribution in [3.8, 4) is 11.8 Å². The molecule has 1 aromatic rings. The first kappa shape index (κ1) is 27.8. The number of thioether (sulfide) groups is 1. The fourth-order valence-electron chi connectivity index (χ4n) is 5.12. The minimum Gasteiger partial charge on any atom is -0.484 e. The summed E-state index contributed by atoms with van der Waals surface area (Å²) in [5.74, 6) is 0.210. The molecule has 0 spiro atoms. The lowest BCUT2D eigenvalue weighted by molar-refractivity contribution is -0.135. The number of likely N-dealkylation sites (N-methyl/N-ethyl adjacent to an activating group) is 1. The maximum atomic E-state index is 13.2. The molecule has 2 aliphatic heterocycles. The van der Waals surface area contributed by atoms with Gasteiger partial charge in [-0.05, 0) is 32.5 Å². The van der Waals surface area contributed by atoms with Crippen molar-refractivity contribution in [2.45, 2.75) is 29.9 Å². The highest BCUT2D eigenvalue weighted by atomic mass is 32.2. The maximum absolute atomic E-state index is 13.2. The molecule has 11 heteroatoms. The van der Waals surface area contributed by atoms with Gasteiger partial charge < -0.3 is 30.1 Å². The lowest BCUT2D eigenvalue weighted by Crippen LogP contribution is -2.48. The van der Waals surface area contributed by atoms with Crippen LogP contribution in [0.1, 0.15) is 13.3 Å². The summed E-state index contributed by atoms with van der Waals surface area (Å²) in [6.45, 7) is 9.91. The number of piperazine rings is 1. The lowest BCUT2D eigenvalue weighted by atomic mass is 10.1. The molecule has 3 unspecified atom stereocenters. The molecule has 2 heterocycles. The van der Waals surface area contributed by atoms with Crippen LogP contribution in [0.2, 0.25) is 0 Å². The first-order valence-electron chi connectivity index (χ1n) is 13.0. The number of nitriles is 1. The second-order valence-corrected chi connectivity index (χ2v) is 11.2. The van der Waals surface area contributed by atoms with Crippen LogP contribution in [0.4, 0.5) is 5.69 Å². The van der Waals surface area contributed by atoms with E-state index in [0.717, 1.165) is 18.8 Å². The van der Waals surface area contributed by atoms with Gasteiger partial charge in [0.25, 0.3) is 5.91 Å². The van der Waals surface area contributed by atoms with Gasteiger partial charge in [-0.2, -0.15) is 5.26 Å². The third kappa shape index (κ3) is 5.61. The zero-order valence-electron chi connectivity index (χ0n) is 22.0. The topological polar surface area (TPSA) is 118 Å². The van der Waals surface area contributed by atoms with Crippen molar-refractivity contribution in [2.24, 2.45) is 5.41 Å². The Labute approximate surface area is 228 Å². The van der Waals surface area contributed by atoms with Crippen LogP contribution < -0.4 is 15.4 Å². The summed E-state index contributed by atoms with van der Waals surface area (Å²) in [5, 5.41) is 15.4. The van der Waals surface area contributed by atoms with Crippen LogP contribution in [0.5, 0.6) is 5.75 Å². The fraction of sp³-hybridized carbons (Fsp3) is 0.556. The average Bonchev–Trinajstić information content (AvgIpc) is 3.59. The Morgan fingerprint density at radius 2 is 2.08 bits per heavy atom. The minimum absolute atomic E-state index is 0.00316. The molecule has 4 atom stereocenters. The van der Waals surface area contributed by atoms with Crippen molar-refractivity contribution in [1.29, 1.82) is 5.26 Å². The van der Waals surface area contributed by atoms with Gasteiger partial charge in [0.15, 0.2) is 12.0 Å². The van der Waals surface area contributed by atoms with Crippen LogP contribution in [0, 0.1) is 16.7 Å². The number of rotatable bonds is 11. The van der Waals surface area contributed by atoms with E-state index in [1.54, 1.807) is 11.0 Å². The van der Waals surface area contributed by atoms with E-state index in [2.05, 4.69) is 28.2 Å². The summed E-state index contributed by atoms with van der Waals surface area (Å²) in [5.41, 5.74) is -0.385. The van der Waals surface area contributed by atoms with Gasteiger partial charge >= 0.3 is 0 Å². The van der Waals surface area contributed by atoms with Crippen LogP contribution in [0.15, 0.2) is 36.9 Å². The number of hydrogen-bond acceptors (Lipinski definition) is 8. The van der Waals surface area contributed by atoms with Crippen molar-refractivity contribution in [3.63, 3.8) is 0 Å². The Morgan fingerprint density at radius 1 is 1.32 bits per heavy atom. The van der Waals surface area contributed by atoms with Crippen molar-refractivity contribution >= 4 is 35.2 Å². The van der Waals surface area contributed by atoms with E-state index in [0.29, 0.717) is 38.3 Å². The summed E-state index contributed by atoms with van der Waals surface area (Å²) < 4.78 is 5.75. The number of anilines is 1. The molecular weight excluding hydrogens is 504 g/mol. The number of hydrogen-bond donors (Lipinski definition) is 2. The minimum atomic E-state index is -1.21. The molecule has 38 heavy (non-hydrogen) atoms. The molecule has 1 aromatic carbocycles. The van der Waals surface area contributed by atoms with Crippen LogP contribution in [-0.2, 0) is 14.4 Å². The summed E-state index contributed by atoms with van der Waals surface area (Å²) in [4.78, 5) is 44.2. The summed E-state index contributed by atoms with van der Waals surface area (Å²) in [6, 6.07) is 9.24. The van der Waals surface area contributed by atoms with Gasteiger partial charge in [0.2, 0.25) is 11.8 Å². The Morgan fingerprint density at radius 3 is 2.76 bits per heavy atom. The van der Waals surface area contributed by atoms with E-state index >= 15 is 0 Å². The number of fused-ring (bicyclic) bond motifs is 1. The highest BCUT2D eigenvalue weighted by molar-refractivity contribution is 8.01. The van der Waals surface area contributed by atoms with Gasteiger partial charge in [-0.25, -0.2) is 0 Å². The van der Waals surface area contributed by atoms with Gasteiger partial charge in [0.05, 0.1) is 22.6 Å². The Kier molecular flexibility index (Phi) is 8.84. The molecule has 1 saturated carbocycles. The number of carbonyl (C=O) groups is 3. The van der Waals surface area contributed by atoms with Gasteiger partial charge in [-0.3, -0.25) is 14.4 Å². The number of nitrogens with zero attached hydrogens (tertiary/aromatic N) is 4. The first-order chi connectivity index (χ1) is 18.3. The molecular formula is C27H36N6O4S. The smallest absolute Gasteiger partial charge is 0.260 e. The Bertz CT molecular complexity index is 1100. The maximum Gasteiger partial charge on any atom is 0.260 e. The third-order valence-corrected chi connectivity index (χ3v) is 9.08. The largest absolute Gasteiger partial charge is 0.484 e. The van der Waals surface area contributed by atoms with Gasteiger partial charge in [-0.15, -0.1) is 18.3 Å². The van der Waals surface area contributed by atoms with Gasteiger partial charge in [0.1, 0.15) is 5.75 Å². The number of nitrogens with one attached hydrogen (secondary N) is 2. The van der Waals surface area contributed by atoms with Crippen LogP contribution in [0.3, 0.4) is 0 Å². The molecule has 4 rings (SSSR count). The fourth-order valence-corrected chi connectivity index (χ4v) is 6.93. The van der Waals surface area contributed by atoms with Crippen molar-refractivity contribution in [1.82, 2.24) is 20.0 Å². The van der Waals surface area contributed by atoms with Crippen molar-refractivity contribution < 1.29 is 19.1 Å². The van der Waals surface area contributed by atoms with E-state index in [4.69, 9.17) is 4.74 Å². The van der Waals surface area contributed by atoms with E-state index < -0.39 is 11.5 Å². The van der Waals surface area contributed by atoms with E-state index in [-0.39, 0.29) is 41.4 Å². The molecule has 10 nitrogen and oxygen atoms in total. The standard InChI is InChI=1S/C27H36N6O4S/c1-4-10-30-26(36)27(18-28)23-24(27)38-21(25(35)33(23)5-2)9-11-29-19-7-6-8-20(16-19)37-17-22(34)32-14-12-31(3)13-15-32/h4,6-8,16,21,23-24,29H,1,5,9-15,17H2,2-3H3,(H,30,36)/t21?,23-,24?,27?/m0/s1. The highest BCUT2D eigenvalue weighted by Crippen LogP contribution is 2.61. The zero-order valence-corrected chi connectivity index (χ0v) is 22.8. The van der Waals surface area contributed by atoms with Crippen LogP contribution in [-0.4, -0.2) is 108 Å². The quantitative estimate of drug-likeness (QED) is 0.402. The van der Waals surface area contributed by atoms with Crippen LogP contribution in [0.25, 0.3) is 0 Å². The average molecular weight is 541 g/mol. The molecule has 1 aliphatic carbocycles. The number of carbonyl (C=O) groups excluding carboxylic acids is 3. The number of amides is 3. The molecule has 204 valence electrons. The predicted octanol–water partition coefficient (Wildman–Crippen LogP) is 1.17. The molecule has 0 radical (unpaired) electrons. The summed E-state index contributed by atoms with van der Waals surface area (Å²) in [6.07, 6.45) is 2.12. The van der Waals surface area contributed by atoms with Gasteiger partial charge in [0, 0.05) is 57.6 Å². The Balaban J connectivity index is 1.29. The lowest BCUT2D eigenvalue weighted by Gasteiger charge is -2.32. The highest BCUT2D eigenvalue weighted by Gasteiger charge is 2.76. The summed E-state index contributed by atoms with van der Waals surface area (Å²) >= 11 is 1.43. The second kappa shape index (κ2) is 12.1. The summed E-state index contributed by atoms with van der Waals surface area (Å²) in [7, 11) is 2.05. The monoisotopic (exact) mass is 540 g/mol. The SMILES string of the molecule is C=CCNC(=O)C1(C#N)C2SC(CCNc3cccc(OCC(=O)N4CCN(C)CC4)c3)C(=O)N(CC)[C@@H]21. The Hall–Kier alpha value is -3.23. The normalized spacial score (nSPS) is 26.7.